The summed E-state index contributed by atoms with van der Waals surface area (Å²) >= 11 is 0. The van der Waals surface area contributed by atoms with Gasteiger partial charge in [0.05, 0.1) is 0 Å². The van der Waals surface area contributed by atoms with Gasteiger partial charge in [-0.15, -0.1) is 0 Å². The van der Waals surface area contributed by atoms with E-state index in [2.05, 4.69) is 113 Å². The van der Waals surface area contributed by atoms with Crippen LogP contribution in [-0.4, -0.2) is 93.1 Å². The van der Waals surface area contributed by atoms with E-state index in [9.17, 15) is 0 Å². The van der Waals surface area contributed by atoms with E-state index in [4.69, 9.17) is 17.7 Å². The van der Waals surface area contributed by atoms with Crippen molar-refractivity contribution in [2.45, 2.75) is 233 Å². The van der Waals surface area contributed by atoms with Crippen molar-refractivity contribution in [3.8, 4) is 0 Å². The molecule has 1 saturated heterocycles. The number of nitrogens with zero attached hydrogens (tertiary/aromatic N) is 2. The van der Waals surface area contributed by atoms with E-state index < -0.39 is 17.1 Å². The molecule has 0 amide bonds. The Kier molecular flexibility index (Phi) is 37.9. The van der Waals surface area contributed by atoms with Crippen LogP contribution in [0.3, 0.4) is 0 Å². The summed E-state index contributed by atoms with van der Waals surface area (Å²) in [5.74, 6) is 3.44. The van der Waals surface area contributed by atoms with Crippen molar-refractivity contribution in [1.29, 1.82) is 0 Å². The van der Waals surface area contributed by atoms with E-state index in [-0.39, 0.29) is 0 Å². The van der Waals surface area contributed by atoms with Crippen LogP contribution in [0.1, 0.15) is 208 Å². The smallest absolute Gasteiger partial charge is 0.334 e. The zero-order valence-corrected chi connectivity index (χ0v) is 47.3. The summed E-state index contributed by atoms with van der Waals surface area (Å²) in [6.07, 6.45) is 52.0. The summed E-state index contributed by atoms with van der Waals surface area (Å²) in [4.78, 5) is 5.46. The molecule has 6 nitrogen and oxygen atoms in total. The van der Waals surface area contributed by atoms with Gasteiger partial charge < -0.3 is 27.5 Å². The first kappa shape index (κ1) is 61.3. The molecule has 0 bridgehead atoms. The molecule has 0 aromatic heterocycles. The van der Waals surface area contributed by atoms with Gasteiger partial charge in [0.1, 0.15) is 0 Å². The summed E-state index contributed by atoms with van der Waals surface area (Å²) in [6.45, 7) is 25.9. The molecule has 0 aromatic carbocycles. The maximum Gasteiger partial charge on any atom is 0.334 e. The van der Waals surface area contributed by atoms with Gasteiger partial charge in [-0.3, -0.25) is 0 Å². The molecule has 1 aliphatic carbocycles. The predicted molar refractivity (Wildman–Crippen MR) is 294 cm³/mol. The van der Waals surface area contributed by atoms with Crippen LogP contribution in [0.25, 0.3) is 0 Å². The van der Waals surface area contributed by atoms with Gasteiger partial charge >= 0.3 is 17.1 Å². The number of allylic oxidation sites excluding steroid dienone is 8. The second-order valence-electron chi connectivity index (χ2n) is 21.0. The highest BCUT2D eigenvalue weighted by atomic mass is 28.4. The molecule has 386 valence electrons. The predicted octanol–water partition coefficient (Wildman–Crippen LogP) is 16.8. The molecule has 2 unspecified atom stereocenters. The van der Waals surface area contributed by atoms with Crippen molar-refractivity contribution in [2.75, 3.05) is 66.2 Å². The molecule has 2 rings (SSSR count). The van der Waals surface area contributed by atoms with E-state index in [1.165, 1.54) is 155 Å². The fourth-order valence-electron chi connectivity index (χ4n) is 10.2. The van der Waals surface area contributed by atoms with Gasteiger partial charge in [0.25, 0.3) is 0 Å². The van der Waals surface area contributed by atoms with Crippen LogP contribution in [0.5, 0.6) is 0 Å². The lowest BCUT2D eigenvalue weighted by molar-refractivity contribution is 0.00784. The summed E-state index contributed by atoms with van der Waals surface area (Å²) in [5.41, 5.74) is 0. The third-order valence-corrected chi connectivity index (χ3v) is 20.5. The van der Waals surface area contributed by atoms with Crippen molar-refractivity contribution in [3.63, 3.8) is 0 Å². The van der Waals surface area contributed by atoms with Crippen LogP contribution in [0.4, 0.5) is 0 Å². The number of rotatable bonds is 47. The van der Waals surface area contributed by atoms with Gasteiger partial charge in [0.15, 0.2) is 0 Å². The van der Waals surface area contributed by atoms with Gasteiger partial charge in [-0.05, 0) is 178 Å². The molecule has 1 saturated carbocycles. The molecule has 5 atom stereocenters. The highest BCUT2D eigenvalue weighted by Gasteiger charge is 2.52. The molecular formula is C58H112N2O4Si2. The Morgan fingerprint density at radius 3 is 1.23 bits per heavy atom. The van der Waals surface area contributed by atoms with Crippen molar-refractivity contribution < 1.29 is 17.7 Å². The van der Waals surface area contributed by atoms with Crippen LogP contribution >= 0.6 is 0 Å². The summed E-state index contributed by atoms with van der Waals surface area (Å²) in [7, 11) is -2.02. The SMILES string of the molecule is CCCC/C=C\CCCO[Si](C)(CCCCN(C)C[C@H]1[C@@H](C)C2CN(CCCC[Si](C)(OCCC/C=C\CCCCC)OCCC/C=C\CCCCC)C[C@@H]21)OCCC/C=C\CCCCC. The molecular weight excluding hydrogens is 845 g/mol. The third kappa shape index (κ3) is 30.0. The topological polar surface area (TPSA) is 43.4 Å². The van der Waals surface area contributed by atoms with Crippen molar-refractivity contribution in [2.24, 2.45) is 23.7 Å². The fraction of sp³-hybridized carbons (Fsp3) is 0.862. The average Bonchev–Trinajstić information content (AvgIpc) is 3.70. The Balaban J connectivity index is 1.76. The molecule has 2 fully saturated rings. The highest BCUT2D eigenvalue weighted by Crippen LogP contribution is 2.50. The second kappa shape index (κ2) is 40.8. The Morgan fingerprint density at radius 2 is 0.818 bits per heavy atom. The van der Waals surface area contributed by atoms with Gasteiger partial charge in [-0.1, -0.05) is 147 Å². The number of fused-ring (bicyclic) bond motifs is 1. The fourth-order valence-corrected chi connectivity index (χ4v) is 15.0. The highest BCUT2D eigenvalue weighted by molar-refractivity contribution is 6.66. The first-order valence-corrected chi connectivity index (χ1v) is 33.8. The second-order valence-corrected chi connectivity index (χ2v) is 27.7. The Bertz CT molecular complexity index is 1200. The minimum absolute atomic E-state index is 0.830. The van der Waals surface area contributed by atoms with E-state index in [0.29, 0.717) is 0 Å². The van der Waals surface area contributed by atoms with Crippen LogP contribution < -0.4 is 0 Å². The van der Waals surface area contributed by atoms with Crippen LogP contribution in [0.15, 0.2) is 48.6 Å². The van der Waals surface area contributed by atoms with Crippen LogP contribution in [0.2, 0.25) is 25.2 Å². The number of unbranched alkanes of at least 4 members (excludes halogenated alkanes) is 17. The molecule has 0 aromatic rings. The molecule has 1 heterocycles. The zero-order valence-electron chi connectivity index (χ0n) is 45.3. The van der Waals surface area contributed by atoms with E-state index in [1.807, 2.05) is 0 Å². The van der Waals surface area contributed by atoms with Crippen molar-refractivity contribution >= 4 is 17.1 Å². The molecule has 0 radical (unpaired) electrons. The van der Waals surface area contributed by atoms with Gasteiger partial charge in [0, 0.05) is 46.1 Å². The third-order valence-electron chi connectivity index (χ3n) is 14.7. The summed E-state index contributed by atoms with van der Waals surface area (Å²) < 4.78 is 26.7. The molecule has 66 heavy (non-hydrogen) atoms. The average molecular weight is 958 g/mol. The standard InChI is InChI=1S/C58H112N2O4Si2/c1-9-13-17-21-25-29-33-39-47-62-65(7,61-46-38-32-28-24-20-16-12-4)50-42-36-44-59(6)52-56-55(5)57-53-60(54-58(56)57)45-37-43-51-66(8,63-48-40-34-30-26-22-18-14-10-2)64-49-41-35-31-27-23-19-15-11-3/h24-31,55-58H,9-23,32-54H2,1-8H3/b28-24-,29-25-,30-26-,31-27-/t55-,56+,57?,58-,65?/m1/s1. The molecule has 8 heteroatoms. The first-order valence-electron chi connectivity index (χ1n) is 28.8. The lowest BCUT2D eigenvalue weighted by Crippen LogP contribution is -2.49. The van der Waals surface area contributed by atoms with E-state index in [1.54, 1.807) is 0 Å². The maximum atomic E-state index is 6.69. The lowest BCUT2D eigenvalue weighted by atomic mass is 9.59. The number of hydrogen-bond acceptors (Lipinski definition) is 6. The van der Waals surface area contributed by atoms with E-state index in [0.717, 1.165) is 114 Å². The van der Waals surface area contributed by atoms with Crippen LogP contribution in [-0.2, 0) is 17.7 Å². The Hall–Kier alpha value is -0.846. The molecule has 2 aliphatic rings. The summed E-state index contributed by atoms with van der Waals surface area (Å²) in [6, 6.07) is 2.22. The number of likely N-dealkylation sites (tertiary alicyclic amines) is 1. The van der Waals surface area contributed by atoms with E-state index >= 15 is 0 Å². The monoisotopic (exact) mass is 957 g/mol. The lowest BCUT2D eigenvalue weighted by Gasteiger charge is -2.48. The molecule has 1 aliphatic heterocycles. The van der Waals surface area contributed by atoms with Crippen LogP contribution in [0, 0.1) is 23.7 Å². The maximum absolute atomic E-state index is 6.69. The van der Waals surface area contributed by atoms with Crippen molar-refractivity contribution in [3.05, 3.63) is 48.6 Å². The van der Waals surface area contributed by atoms with Gasteiger partial charge in [0.2, 0.25) is 0 Å². The quantitative estimate of drug-likeness (QED) is 0.0344. The van der Waals surface area contributed by atoms with Gasteiger partial charge in [-0.25, -0.2) is 0 Å². The minimum Gasteiger partial charge on any atom is -0.394 e. The van der Waals surface area contributed by atoms with Gasteiger partial charge in [-0.2, -0.15) is 0 Å². The van der Waals surface area contributed by atoms with Crippen molar-refractivity contribution in [1.82, 2.24) is 9.80 Å². The zero-order chi connectivity index (χ0) is 47.8. The minimum atomic E-state index is -2.20. The molecule has 0 spiro atoms. The normalized spacial score (nSPS) is 20.3. The Labute approximate surface area is 414 Å². The molecule has 0 N–H and O–H groups in total. The largest absolute Gasteiger partial charge is 0.394 e. The first-order chi connectivity index (χ1) is 32.2. The summed E-state index contributed by atoms with van der Waals surface area (Å²) in [5, 5.41) is 0. The Morgan fingerprint density at radius 1 is 0.455 bits per heavy atom. The number of hydrogen-bond donors (Lipinski definition) is 0.